The van der Waals surface area contributed by atoms with E-state index in [0.29, 0.717) is 0 Å². The average Bonchev–Trinajstić information content (AvgIpc) is 4.05. The van der Waals surface area contributed by atoms with Crippen LogP contribution in [0.2, 0.25) is 0 Å². The van der Waals surface area contributed by atoms with Crippen LogP contribution >= 0.6 is 11.3 Å². The van der Waals surface area contributed by atoms with E-state index in [1.165, 1.54) is 109 Å². The molecule has 1 unspecified atom stereocenters. The number of nitrogens with zero attached hydrogens (tertiary/aromatic N) is 1. The first-order chi connectivity index (χ1) is 35.5. The lowest BCUT2D eigenvalue weighted by atomic mass is 9.67. The van der Waals surface area contributed by atoms with Gasteiger partial charge < -0.3 is 4.90 Å². The third-order valence-electron chi connectivity index (χ3n) is 15.8. The highest BCUT2D eigenvalue weighted by molar-refractivity contribution is 7.26. The SMILES string of the molecule is CC1(C)c2cc(N(c3ccc(C4(c5ccccc5)c5ccccc5-c5ccc(-c6ccccc6)cc54)cc3)c3ccc4sc5cccc(-c6ccccc6)c5c4c3)ccc2-c2c(-c3ccccc3)cccc21. The molecule has 2 heteroatoms. The number of rotatable bonds is 8. The molecule has 0 saturated carbocycles. The molecule has 1 heterocycles. The van der Waals surface area contributed by atoms with Gasteiger partial charge >= 0.3 is 0 Å². The van der Waals surface area contributed by atoms with E-state index in [1.807, 2.05) is 11.3 Å². The Morgan fingerprint density at radius 2 is 0.861 bits per heavy atom. The van der Waals surface area contributed by atoms with Gasteiger partial charge in [0.2, 0.25) is 0 Å². The van der Waals surface area contributed by atoms with Gasteiger partial charge in [0.05, 0.1) is 5.41 Å². The Morgan fingerprint density at radius 3 is 1.61 bits per heavy atom. The molecule has 12 aromatic rings. The third kappa shape index (κ3) is 6.39. The minimum absolute atomic E-state index is 0.219. The molecule has 0 spiro atoms. The lowest BCUT2D eigenvalue weighted by molar-refractivity contribution is 0.660. The highest BCUT2D eigenvalue weighted by Crippen LogP contribution is 2.58. The van der Waals surface area contributed by atoms with Crippen molar-refractivity contribution < 1.29 is 0 Å². The summed E-state index contributed by atoms with van der Waals surface area (Å²) in [6, 6.07) is 97.3. The molecule has 0 fully saturated rings. The van der Waals surface area contributed by atoms with Crippen LogP contribution in [-0.4, -0.2) is 0 Å². The second kappa shape index (κ2) is 16.5. The van der Waals surface area contributed by atoms with Crippen molar-refractivity contribution in [1.82, 2.24) is 0 Å². The Morgan fingerprint density at radius 1 is 0.319 bits per heavy atom. The van der Waals surface area contributed by atoms with Gasteiger partial charge in [-0.05, 0) is 144 Å². The van der Waals surface area contributed by atoms with Gasteiger partial charge in [0.25, 0.3) is 0 Å². The molecule has 0 bridgehead atoms. The second-order valence-corrected chi connectivity index (χ2v) is 21.0. The molecule has 340 valence electrons. The zero-order chi connectivity index (χ0) is 48.0. The van der Waals surface area contributed by atoms with Gasteiger partial charge in [-0.1, -0.05) is 220 Å². The van der Waals surface area contributed by atoms with Crippen molar-refractivity contribution in [1.29, 1.82) is 0 Å². The summed E-state index contributed by atoms with van der Waals surface area (Å²) in [5, 5.41) is 2.57. The Hall–Kier alpha value is -8.56. The largest absolute Gasteiger partial charge is 0.310 e. The monoisotopic (exact) mass is 935 g/mol. The number of hydrogen-bond donors (Lipinski definition) is 0. The van der Waals surface area contributed by atoms with Crippen LogP contribution in [0.3, 0.4) is 0 Å². The first kappa shape index (κ1) is 42.3. The van der Waals surface area contributed by atoms with Crippen molar-refractivity contribution in [3.63, 3.8) is 0 Å². The van der Waals surface area contributed by atoms with Crippen LogP contribution in [0.15, 0.2) is 261 Å². The van der Waals surface area contributed by atoms with E-state index in [4.69, 9.17) is 0 Å². The Bertz CT molecular complexity index is 4040. The average molecular weight is 936 g/mol. The maximum atomic E-state index is 2.49. The van der Waals surface area contributed by atoms with Gasteiger partial charge in [-0.15, -0.1) is 11.3 Å². The molecule has 0 radical (unpaired) electrons. The van der Waals surface area contributed by atoms with Crippen molar-refractivity contribution in [3.8, 4) is 55.6 Å². The van der Waals surface area contributed by atoms with Crippen LogP contribution in [0.25, 0.3) is 75.8 Å². The van der Waals surface area contributed by atoms with Gasteiger partial charge in [-0.3, -0.25) is 0 Å². The van der Waals surface area contributed by atoms with Crippen LogP contribution in [-0.2, 0) is 10.8 Å². The Balaban J connectivity index is 0.983. The van der Waals surface area contributed by atoms with Crippen molar-refractivity contribution in [2.45, 2.75) is 24.7 Å². The zero-order valence-electron chi connectivity index (χ0n) is 40.2. The number of fused-ring (bicyclic) bond motifs is 9. The second-order valence-electron chi connectivity index (χ2n) is 19.9. The van der Waals surface area contributed by atoms with Crippen LogP contribution in [0.4, 0.5) is 17.1 Å². The van der Waals surface area contributed by atoms with E-state index >= 15 is 0 Å². The number of benzene rings is 11. The molecule has 2 aliphatic carbocycles. The molecule has 1 aromatic heterocycles. The van der Waals surface area contributed by atoms with Crippen LogP contribution in [0.1, 0.15) is 47.2 Å². The van der Waals surface area contributed by atoms with E-state index in [1.54, 1.807) is 0 Å². The molecular formula is C70H49NS. The third-order valence-corrected chi connectivity index (χ3v) is 16.9. The summed E-state index contributed by atoms with van der Waals surface area (Å²) >= 11 is 1.87. The molecule has 0 amide bonds. The topological polar surface area (TPSA) is 3.24 Å². The first-order valence-corrected chi connectivity index (χ1v) is 25.9. The van der Waals surface area contributed by atoms with E-state index in [2.05, 4.69) is 280 Å². The van der Waals surface area contributed by atoms with Crippen molar-refractivity contribution >= 4 is 48.6 Å². The van der Waals surface area contributed by atoms with E-state index in [0.717, 1.165) is 17.1 Å². The van der Waals surface area contributed by atoms with E-state index < -0.39 is 5.41 Å². The molecule has 0 N–H and O–H groups in total. The standard InChI is InChI=1S/C70H49NS/c1-69(2)62-31-17-28-55(47-21-9-4-10-22-47)67(62)59-41-38-54(45-63(59)69)71(53-39-42-65-60(44-53)68-56(29-18-32-66(68)72-65)48-23-11-5-12-24-48)52-36-34-51(35-37-52)70(50-25-13-6-14-26-50)61-30-16-15-27-57(61)58-40-33-49(43-64(58)70)46-19-7-3-8-20-46/h3-45H,1-2H3. The van der Waals surface area contributed by atoms with Crippen molar-refractivity contribution in [2.24, 2.45) is 0 Å². The molecule has 11 aromatic carbocycles. The fraction of sp³-hybridized carbons (Fsp3) is 0.0571. The summed E-state index contributed by atoms with van der Waals surface area (Å²) in [7, 11) is 0. The predicted molar refractivity (Wildman–Crippen MR) is 305 cm³/mol. The summed E-state index contributed by atoms with van der Waals surface area (Å²) in [4.78, 5) is 2.49. The molecule has 14 rings (SSSR count). The lowest BCUT2D eigenvalue weighted by Crippen LogP contribution is -2.28. The smallest absolute Gasteiger partial charge is 0.0713 e. The van der Waals surface area contributed by atoms with E-state index in [9.17, 15) is 0 Å². The van der Waals surface area contributed by atoms with Gasteiger partial charge in [-0.25, -0.2) is 0 Å². The van der Waals surface area contributed by atoms with Gasteiger partial charge in [0, 0.05) is 42.6 Å². The normalized spacial score (nSPS) is 15.0. The zero-order valence-corrected chi connectivity index (χ0v) is 41.0. The molecule has 72 heavy (non-hydrogen) atoms. The first-order valence-electron chi connectivity index (χ1n) is 25.1. The van der Waals surface area contributed by atoms with E-state index in [-0.39, 0.29) is 5.41 Å². The summed E-state index contributed by atoms with van der Waals surface area (Å²) < 4.78 is 2.58. The van der Waals surface area contributed by atoms with Crippen LogP contribution < -0.4 is 4.90 Å². The van der Waals surface area contributed by atoms with Gasteiger partial charge in [0.15, 0.2) is 0 Å². The predicted octanol–water partition coefficient (Wildman–Crippen LogP) is 19.2. The molecule has 1 atom stereocenters. The lowest BCUT2D eigenvalue weighted by Gasteiger charge is -2.35. The minimum Gasteiger partial charge on any atom is -0.310 e. The van der Waals surface area contributed by atoms with Crippen LogP contribution in [0.5, 0.6) is 0 Å². The fourth-order valence-corrected chi connectivity index (χ4v) is 13.6. The Labute approximate surface area is 425 Å². The highest BCUT2D eigenvalue weighted by Gasteiger charge is 2.46. The maximum absolute atomic E-state index is 2.49. The van der Waals surface area contributed by atoms with Crippen molar-refractivity contribution in [3.05, 3.63) is 294 Å². The summed E-state index contributed by atoms with van der Waals surface area (Å²) in [6.45, 7) is 4.79. The summed E-state index contributed by atoms with van der Waals surface area (Å²) in [6.07, 6.45) is 0. The Kier molecular flexibility index (Phi) is 9.71. The van der Waals surface area contributed by atoms with Crippen molar-refractivity contribution in [2.75, 3.05) is 4.90 Å². The highest BCUT2D eigenvalue weighted by atomic mass is 32.1. The molecule has 2 aliphatic rings. The maximum Gasteiger partial charge on any atom is 0.0713 e. The molecule has 0 saturated heterocycles. The van der Waals surface area contributed by atoms with Gasteiger partial charge in [0.1, 0.15) is 0 Å². The summed E-state index contributed by atoms with van der Waals surface area (Å²) in [5.74, 6) is 0. The fourth-order valence-electron chi connectivity index (χ4n) is 12.5. The summed E-state index contributed by atoms with van der Waals surface area (Å²) in [5.41, 5.74) is 23.0. The molecule has 1 nitrogen and oxygen atoms in total. The van der Waals surface area contributed by atoms with Gasteiger partial charge in [-0.2, -0.15) is 0 Å². The number of thiophene rings is 1. The quantitative estimate of drug-likeness (QED) is 0.147. The molecular weight excluding hydrogens is 887 g/mol. The number of anilines is 3. The minimum atomic E-state index is -0.552. The van der Waals surface area contributed by atoms with Crippen LogP contribution in [0, 0.1) is 0 Å². The molecule has 0 aliphatic heterocycles. The number of hydrogen-bond acceptors (Lipinski definition) is 2.